The van der Waals surface area contributed by atoms with Gasteiger partial charge in [0, 0.05) is 24.4 Å². The summed E-state index contributed by atoms with van der Waals surface area (Å²) in [5.41, 5.74) is 4.25. The van der Waals surface area contributed by atoms with Gasteiger partial charge >= 0.3 is 0 Å². The van der Waals surface area contributed by atoms with Gasteiger partial charge in [0.2, 0.25) is 5.91 Å². The first-order chi connectivity index (χ1) is 7.24. The molecule has 1 heterocycles. The Bertz CT molecular complexity index is 346. The van der Waals surface area contributed by atoms with Gasteiger partial charge in [-0.2, -0.15) is 5.10 Å². The Morgan fingerprint density at radius 1 is 1.47 bits per heavy atom. The molecule has 0 aliphatic carbocycles. The van der Waals surface area contributed by atoms with Crippen molar-refractivity contribution < 1.29 is 4.79 Å². The number of carbonyl (C=O) groups excluding carboxylic acids is 1. The Balaban J connectivity index is 2.57. The summed E-state index contributed by atoms with van der Waals surface area (Å²) in [4.78, 5) is 15.1. The maximum absolute atomic E-state index is 11.1. The molecule has 80 valence electrons. The van der Waals surface area contributed by atoms with Gasteiger partial charge in [-0.15, -0.1) is 0 Å². The lowest BCUT2D eigenvalue weighted by molar-refractivity contribution is -0.121. The fraction of sp³-hybridized carbons (Fsp3) is 0.364. The second kappa shape index (κ2) is 5.90. The molecule has 4 nitrogen and oxygen atoms in total. The number of aromatic nitrogens is 1. The average Bonchev–Trinajstić information content (AvgIpc) is 2.27. The van der Waals surface area contributed by atoms with Crippen molar-refractivity contribution in [3.8, 4) is 0 Å². The Morgan fingerprint density at radius 3 is 2.73 bits per heavy atom. The van der Waals surface area contributed by atoms with Crippen LogP contribution in [0.1, 0.15) is 32.3 Å². The summed E-state index contributed by atoms with van der Waals surface area (Å²) in [5, 5.41) is 4.00. The van der Waals surface area contributed by atoms with E-state index >= 15 is 0 Å². The first-order valence-electron chi connectivity index (χ1n) is 4.97. The zero-order chi connectivity index (χ0) is 11.1. The lowest BCUT2D eigenvalue weighted by Gasteiger charge is -2.01. The Morgan fingerprint density at radius 2 is 2.13 bits per heavy atom. The molecule has 0 saturated carbocycles. The van der Waals surface area contributed by atoms with Gasteiger partial charge in [-0.1, -0.05) is 6.92 Å². The molecule has 0 radical (unpaired) electrons. The standard InChI is InChI=1S/C11H15N3O/c1-3-4-11(15)14-13-9(2)10-5-7-12-8-6-10/h5-8H,3-4H2,1-2H3,(H,14,15). The Labute approximate surface area is 89.4 Å². The molecule has 0 saturated heterocycles. The third kappa shape index (κ3) is 3.89. The molecule has 1 aromatic heterocycles. The smallest absolute Gasteiger partial charge is 0.240 e. The van der Waals surface area contributed by atoms with Crippen molar-refractivity contribution in [2.24, 2.45) is 5.10 Å². The summed E-state index contributed by atoms with van der Waals surface area (Å²) in [5.74, 6) is -0.0501. The predicted molar refractivity (Wildman–Crippen MR) is 59.5 cm³/mol. The van der Waals surface area contributed by atoms with E-state index in [1.54, 1.807) is 12.4 Å². The van der Waals surface area contributed by atoms with E-state index in [1.807, 2.05) is 26.0 Å². The molecule has 0 spiro atoms. The molecular weight excluding hydrogens is 190 g/mol. The monoisotopic (exact) mass is 205 g/mol. The highest BCUT2D eigenvalue weighted by molar-refractivity contribution is 5.99. The van der Waals surface area contributed by atoms with E-state index in [0.29, 0.717) is 6.42 Å². The van der Waals surface area contributed by atoms with Crippen LogP contribution in [-0.2, 0) is 4.79 Å². The van der Waals surface area contributed by atoms with E-state index in [9.17, 15) is 4.79 Å². The lowest BCUT2D eigenvalue weighted by Crippen LogP contribution is -2.18. The fourth-order valence-corrected chi connectivity index (χ4v) is 1.09. The van der Waals surface area contributed by atoms with E-state index in [1.165, 1.54) is 0 Å². The van der Waals surface area contributed by atoms with Gasteiger partial charge in [-0.3, -0.25) is 9.78 Å². The number of hydrogen-bond acceptors (Lipinski definition) is 3. The lowest BCUT2D eigenvalue weighted by atomic mass is 10.2. The molecule has 0 aliphatic heterocycles. The van der Waals surface area contributed by atoms with Gasteiger partial charge in [-0.05, 0) is 25.5 Å². The average molecular weight is 205 g/mol. The summed E-state index contributed by atoms with van der Waals surface area (Å²) in [6.07, 6.45) is 4.73. The molecule has 0 atom stereocenters. The molecule has 0 aromatic carbocycles. The van der Waals surface area contributed by atoms with Gasteiger partial charge in [0.1, 0.15) is 0 Å². The number of hydrogen-bond donors (Lipinski definition) is 1. The van der Waals surface area contributed by atoms with Gasteiger partial charge in [-0.25, -0.2) is 5.43 Å². The van der Waals surface area contributed by atoms with Crippen LogP contribution < -0.4 is 5.43 Å². The zero-order valence-electron chi connectivity index (χ0n) is 9.03. The highest BCUT2D eigenvalue weighted by Crippen LogP contribution is 1.98. The van der Waals surface area contributed by atoms with Crippen LogP contribution in [0.4, 0.5) is 0 Å². The number of carbonyl (C=O) groups is 1. The van der Waals surface area contributed by atoms with E-state index in [0.717, 1.165) is 17.7 Å². The molecule has 15 heavy (non-hydrogen) atoms. The molecule has 4 heteroatoms. The van der Waals surface area contributed by atoms with Crippen molar-refractivity contribution in [3.05, 3.63) is 30.1 Å². The van der Waals surface area contributed by atoms with Crippen LogP contribution in [0, 0.1) is 0 Å². The van der Waals surface area contributed by atoms with Crippen LogP contribution in [0.5, 0.6) is 0 Å². The number of amides is 1. The van der Waals surface area contributed by atoms with E-state index in [2.05, 4.69) is 15.5 Å². The molecule has 0 fully saturated rings. The van der Waals surface area contributed by atoms with Crippen LogP contribution in [0.3, 0.4) is 0 Å². The molecule has 0 bridgehead atoms. The number of nitrogens with one attached hydrogen (secondary N) is 1. The topological polar surface area (TPSA) is 54.4 Å². The van der Waals surface area contributed by atoms with Crippen LogP contribution in [-0.4, -0.2) is 16.6 Å². The summed E-state index contributed by atoms with van der Waals surface area (Å²) in [6, 6.07) is 3.70. The molecule has 0 unspecified atom stereocenters. The zero-order valence-corrected chi connectivity index (χ0v) is 9.03. The maximum atomic E-state index is 11.1. The molecule has 0 aliphatic rings. The minimum absolute atomic E-state index is 0.0501. The van der Waals surface area contributed by atoms with E-state index in [4.69, 9.17) is 0 Å². The van der Waals surface area contributed by atoms with E-state index in [-0.39, 0.29) is 5.91 Å². The predicted octanol–water partition coefficient (Wildman–Crippen LogP) is 1.72. The van der Waals surface area contributed by atoms with Gasteiger partial charge in [0.15, 0.2) is 0 Å². The summed E-state index contributed by atoms with van der Waals surface area (Å²) in [6.45, 7) is 3.81. The largest absolute Gasteiger partial charge is 0.273 e. The van der Waals surface area contributed by atoms with Crippen LogP contribution in [0.25, 0.3) is 0 Å². The molecule has 1 amide bonds. The molecule has 1 N–H and O–H groups in total. The first-order valence-corrected chi connectivity index (χ1v) is 4.97. The van der Waals surface area contributed by atoms with Gasteiger partial charge < -0.3 is 0 Å². The third-order valence-corrected chi connectivity index (χ3v) is 1.92. The highest BCUT2D eigenvalue weighted by atomic mass is 16.2. The number of rotatable bonds is 4. The quantitative estimate of drug-likeness (QED) is 0.601. The van der Waals surface area contributed by atoms with Crippen LogP contribution in [0.15, 0.2) is 29.6 Å². The minimum Gasteiger partial charge on any atom is -0.273 e. The number of pyridine rings is 1. The van der Waals surface area contributed by atoms with Crippen molar-refractivity contribution in [1.29, 1.82) is 0 Å². The Kier molecular flexibility index (Phi) is 4.47. The van der Waals surface area contributed by atoms with Gasteiger partial charge in [0.05, 0.1) is 5.71 Å². The summed E-state index contributed by atoms with van der Waals surface area (Å²) < 4.78 is 0. The van der Waals surface area contributed by atoms with E-state index < -0.39 is 0 Å². The van der Waals surface area contributed by atoms with Crippen molar-refractivity contribution >= 4 is 11.6 Å². The second-order valence-electron chi connectivity index (χ2n) is 3.22. The van der Waals surface area contributed by atoms with Crippen LogP contribution in [0.2, 0.25) is 0 Å². The number of hydrazone groups is 1. The maximum Gasteiger partial charge on any atom is 0.240 e. The fourth-order valence-electron chi connectivity index (χ4n) is 1.09. The SMILES string of the molecule is CCCC(=O)NN=C(C)c1ccncc1. The summed E-state index contributed by atoms with van der Waals surface area (Å²) in [7, 11) is 0. The van der Waals surface area contributed by atoms with Crippen molar-refractivity contribution in [2.45, 2.75) is 26.7 Å². The minimum atomic E-state index is -0.0501. The summed E-state index contributed by atoms with van der Waals surface area (Å²) >= 11 is 0. The third-order valence-electron chi connectivity index (χ3n) is 1.92. The normalized spacial score (nSPS) is 11.2. The Hall–Kier alpha value is -1.71. The first kappa shape index (κ1) is 11.4. The highest BCUT2D eigenvalue weighted by Gasteiger charge is 1.98. The molecular formula is C11H15N3O. The van der Waals surface area contributed by atoms with Crippen molar-refractivity contribution in [1.82, 2.24) is 10.4 Å². The molecule has 1 aromatic rings. The molecule has 1 rings (SSSR count). The van der Waals surface area contributed by atoms with Crippen molar-refractivity contribution in [3.63, 3.8) is 0 Å². The van der Waals surface area contributed by atoms with Crippen LogP contribution >= 0.6 is 0 Å². The van der Waals surface area contributed by atoms with Gasteiger partial charge in [0.25, 0.3) is 0 Å². The number of nitrogens with zero attached hydrogens (tertiary/aromatic N) is 2. The second-order valence-corrected chi connectivity index (χ2v) is 3.22. The van der Waals surface area contributed by atoms with Crippen molar-refractivity contribution in [2.75, 3.05) is 0 Å².